The van der Waals surface area contributed by atoms with E-state index >= 15 is 0 Å². The first kappa shape index (κ1) is 15.8. The molecule has 3 rings (SSSR count). The van der Waals surface area contributed by atoms with Crippen molar-refractivity contribution >= 4 is 5.91 Å². The number of carbonyl (C=O) groups is 1. The first-order valence-corrected chi connectivity index (χ1v) is 8.30. The van der Waals surface area contributed by atoms with Crippen molar-refractivity contribution in [2.24, 2.45) is 7.05 Å². The molecule has 1 saturated heterocycles. The van der Waals surface area contributed by atoms with Gasteiger partial charge in [0.25, 0.3) is 0 Å². The van der Waals surface area contributed by atoms with Crippen molar-refractivity contribution in [2.75, 3.05) is 13.1 Å². The highest BCUT2D eigenvalue weighted by molar-refractivity contribution is 5.76. The van der Waals surface area contributed by atoms with Crippen molar-refractivity contribution in [1.82, 2.24) is 24.2 Å². The number of amides is 1. The van der Waals surface area contributed by atoms with Gasteiger partial charge in [-0.1, -0.05) is 0 Å². The summed E-state index contributed by atoms with van der Waals surface area (Å²) in [5.41, 5.74) is 2.03. The first-order valence-electron chi connectivity index (χ1n) is 8.30. The summed E-state index contributed by atoms with van der Waals surface area (Å²) in [5, 5.41) is 4.34. The molecule has 1 aliphatic heterocycles. The molecule has 124 valence electrons. The lowest BCUT2D eigenvalue weighted by atomic mass is 9.97. The highest BCUT2D eigenvalue weighted by atomic mass is 16.2. The number of nitrogens with zero attached hydrogens (tertiary/aromatic N) is 5. The van der Waals surface area contributed by atoms with Gasteiger partial charge < -0.3 is 9.47 Å². The molecule has 2 aromatic rings. The van der Waals surface area contributed by atoms with Gasteiger partial charge in [-0.15, -0.1) is 0 Å². The van der Waals surface area contributed by atoms with Crippen LogP contribution in [0.2, 0.25) is 0 Å². The van der Waals surface area contributed by atoms with Gasteiger partial charge in [0.05, 0.1) is 11.4 Å². The van der Waals surface area contributed by atoms with Gasteiger partial charge >= 0.3 is 0 Å². The molecular formula is C17H25N5O. The van der Waals surface area contributed by atoms with E-state index in [0.29, 0.717) is 18.9 Å². The molecule has 1 atom stereocenters. The summed E-state index contributed by atoms with van der Waals surface area (Å²) in [7, 11) is 2.04. The van der Waals surface area contributed by atoms with Crippen LogP contribution < -0.4 is 0 Å². The van der Waals surface area contributed by atoms with E-state index in [4.69, 9.17) is 0 Å². The maximum absolute atomic E-state index is 12.5. The molecule has 6 nitrogen and oxygen atoms in total. The van der Waals surface area contributed by atoms with Crippen molar-refractivity contribution in [1.29, 1.82) is 0 Å². The number of piperidine rings is 1. The second kappa shape index (κ2) is 6.56. The van der Waals surface area contributed by atoms with Crippen LogP contribution in [0.1, 0.15) is 42.4 Å². The lowest BCUT2D eigenvalue weighted by Crippen LogP contribution is -2.40. The van der Waals surface area contributed by atoms with Gasteiger partial charge in [-0.25, -0.2) is 4.98 Å². The zero-order valence-corrected chi connectivity index (χ0v) is 14.2. The summed E-state index contributed by atoms with van der Waals surface area (Å²) in [6, 6.07) is 1.96. The summed E-state index contributed by atoms with van der Waals surface area (Å²) >= 11 is 0. The van der Waals surface area contributed by atoms with Crippen LogP contribution in [-0.4, -0.2) is 43.2 Å². The maximum atomic E-state index is 12.5. The standard InChI is InChI=1S/C17H25N5O/c1-13-6-9-22(19-13)10-7-16(23)21-8-4-5-15(12-21)17-18-14(2)11-20(17)3/h6,9,11,15H,4-5,7-8,10,12H2,1-3H3/t15-/m0/s1. The zero-order valence-electron chi connectivity index (χ0n) is 14.2. The maximum Gasteiger partial charge on any atom is 0.224 e. The fourth-order valence-electron chi connectivity index (χ4n) is 3.38. The fraction of sp³-hybridized carbons (Fsp3) is 0.588. The van der Waals surface area contributed by atoms with E-state index < -0.39 is 0 Å². The largest absolute Gasteiger partial charge is 0.342 e. The van der Waals surface area contributed by atoms with Gasteiger partial charge in [0.15, 0.2) is 0 Å². The average molecular weight is 315 g/mol. The summed E-state index contributed by atoms with van der Waals surface area (Å²) in [6.45, 7) is 6.26. The van der Waals surface area contributed by atoms with Crippen LogP contribution in [0.4, 0.5) is 0 Å². The second-order valence-corrected chi connectivity index (χ2v) is 6.50. The zero-order chi connectivity index (χ0) is 16.4. The lowest BCUT2D eigenvalue weighted by molar-refractivity contribution is -0.132. The monoisotopic (exact) mass is 315 g/mol. The first-order chi connectivity index (χ1) is 11.0. The normalized spacial score (nSPS) is 18.4. The molecular weight excluding hydrogens is 290 g/mol. The molecule has 23 heavy (non-hydrogen) atoms. The van der Waals surface area contributed by atoms with Crippen LogP contribution in [0, 0.1) is 13.8 Å². The minimum atomic E-state index is 0.216. The Hall–Kier alpha value is -2.11. The van der Waals surface area contributed by atoms with Crippen molar-refractivity contribution in [3.05, 3.63) is 35.7 Å². The second-order valence-electron chi connectivity index (χ2n) is 6.50. The molecule has 0 spiro atoms. The third-order valence-corrected chi connectivity index (χ3v) is 4.50. The smallest absolute Gasteiger partial charge is 0.224 e. The van der Waals surface area contributed by atoms with E-state index in [0.717, 1.165) is 43.1 Å². The number of imidazole rings is 1. The minimum Gasteiger partial charge on any atom is -0.342 e. The molecule has 0 aromatic carbocycles. The Kier molecular flexibility index (Phi) is 4.50. The molecule has 1 amide bonds. The third-order valence-electron chi connectivity index (χ3n) is 4.50. The quantitative estimate of drug-likeness (QED) is 0.867. The van der Waals surface area contributed by atoms with Crippen molar-refractivity contribution in [3.8, 4) is 0 Å². The predicted molar refractivity (Wildman–Crippen MR) is 88.1 cm³/mol. The summed E-state index contributed by atoms with van der Waals surface area (Å²) in [6.07, 6.45) is 6.64. The van der Waals surface area contributed by atoms with Crippen LogP contribution in [0.5, 0.6) is 0 Å². The average Bonchev–Trinajstić information content (AvgIpc) is 3.10. The highest BCUT2D eigenvalue weighted by Crippen LogP contribution is 2.26. The van der Waals surface area contributed by atoms with E-state index in [1.807, 2.05) is 42.7 Å². The van der Waals surface area contributed by atoms with Gasteiger partial charge in [0.2, 0.25) is 5.91 Å². The predicted octanol–water partition coefficient (Wildman–Crippen LogP) is 2.03. The topological polar surface area (TPSA) is 56.0 Å². The Labute approximate surface area is 137 Å². The number of aromatic nitrogens is 4. The van der Waals surface area contributed by atoms with Gasteiger partial charge in [-0.05, 0) is 32.8 Å². The molecule has 0 saturated carbocycles. The molecule has 1 fully saturated rings. The number of aryl methyl sites for hydroxylation is 4. The van der Waals surface area contributed by atoms with Crippen LogP contribution in [0.25, 0.3) is 0 Å². The summed E-state index contributed by atoms with van der Waals surface area (Å²) < 4.78 is 3.94. The fourth-order valence-corrected chi connectivity index (χ4v) is 3.38. The Morgan fingerprint density at radius 2 is 2.17 bits per heavy atom. The SMILES string of the molecule is Cc1cn(C)c([C@H]2CCCN(C(=O)CCn3ccc(C)n3)C2)n1. The molecule has 0 aliphatic carbocycles. The molecule has 2 aromatic heterocycles. The molecule has 3 heterocycles. The Morgan fingerprint density at radius 3 is 2.83 bits per heavy atom. The lowest BCUT2D eigenvalue weighted by Gasteiger charge is -2.32. The van der Waals surface area contributed by atoms with Gasteiger partial charge in [0, 0.05) is 51.4 Å². The number of carbonyl (C=O) groups excluding carboxylic acids is 1. The van der Waals surface area contributed by atoms with Crippen molar-refractivity contribution in [3.63, 3.8) is 0 Å². The van der Waals surface area contributed by atoms with E-state index in [9.17, 15) is 4.79 Å². The van der Waals surface area contributed by atoms with Crippen LogP contribution in [-0.2, 0) is 18.4 Å². The Morgan fingerprint density at radius 1 is 1.35 bits per heavy atom. The van der Waals surface area contributed by atoms with E-state index in [-0.39, 0.29) is 5.91 Å². The number of hydrogen-bond donors (Lipinski definition) is 0. The van der Waals surface area contributed by atoms with E-state index in [2.05, 4.69) is 20.8 Å². The number of rotatable bonds is 4. The molecule has 1 aliphatic rings. The van der Waals surface area contributed by atoms with Gasteiger partial charge in [-0.2, -0.15) is 5.10 Å². The Balaban J connectivity index is 1.59. The van der Waals surface area contributed by atoms with Crippen LogP contribution in [0.3, 0.4) is 0 Å². The summed E-state index contributed by atoms with van der Waals surface area (Å²) in [5.74, 6) is 1.66. The van der Waals surface area contributed by atoms with Gasteiger partial charge in [-0.3, -0.25) is 9.48 Å². The number of likely N-dealkylation sites (tertiary alicyclic amines) is 1. The molecule has 0 unspecified atom stereocenters. The molecule has 0 N–H and O–H groups in total. The van der Waals surface area contributed by atoms with E-state index in [1.54, 1.807) is 0 Å². The van der Waals surface area contributed by atoms with Crippen molar-refractivity contribution < 1.29 is 4.79 Å². The summed E-state index contributed by atoms with van der Waals surface area (Å²) in [4.78, 5) is 19.1. The highest BCUT2D eigenvalue weighted by Gasteiger charge is 2.27. The third kappa shape index (κ3) is 3.63. The minimum absolute atomic E-state index is 0.216. The van der Waals surface area contributed by atoms with Gasteiger partial charge in [0.1, 0.15) is 5.82 Å². The van der Waals surface area contributed by atoms with E-state index in [1.165, 1.54) is 0 Å². The van der Waals surface area contributed by atoms with Crippen molar-refractivity contribution in [2.45, 2.75) is 45.6 Å². The van der Waals surface area contributed by atoms with Crippen LogP contribution >= 0.6 is 0 Å². The van der Waals surface area contributed by atoms with Crippen LogP contribution in [0.15, 0.2) is 18.5 Å². The molecule has 0 bridgehead atoms. The molecule has 6 heteroatoms. The molecule has 0 radical (unpaired) electrons. The Bertz CT molecular complexity index is 687. The number of hydrogen-bond acceptors (Lipinski definition) is 3.